The van der Waals surface area contributed by atoms with E-state index in [0.29, 0.717) is 5.02 Å². The third-order valence-corrected chi connectivity index (χ3v) is 4.65. The van der Waals surface area contributed by atoms with E-state index in [0.717, 1.165) is 10.5 Å². The Bertz CT molecular complexity index is 858. The summed E-state index contributed by atoms with van der Waals surface area (Å²) in [6, 6.07) is 9.68. The van der Waals surface area contributed by atoms with E-state index in [2.05, 4.69) is 5.32 Å². The summed E-state index contributed by atoms with van der Waals surface area (Å²) in [4.78, 5) is 37.6. The number of imide groups is 1. The topological polar surface area (TPSA) is 66.5 Å². The first-order valence-electron chi connectivity index (χ1n) is 7.23. The summed E-state index contributed by atoms with van der Waals surface area (Å²) < 4.78 is 0. The van der Waals surface area contributed by atoms with Gasteiger partial charge in [-0.3, -0.25) is 19.3 Å². The number of hydrogen-bond donors (Lipinski definition) is 1. The third kappa shape index (κ3) is 3.63. The molecule has 0 saturated carbocycles. The standard InChI is InChI=1S/C17H11Cl3N2O3/c18-10-3-1-2-9(4-10)7-21-15(23)8-22-16(24)11-5-13(19)14(20)6-12(11)17(22)25/h1-6H,7-8H2,(H,21,23). The van der Waals surface area contributed by atoms with Crippen molar-refractivity contribution in [2.75, 3.05) is 6.54 Å². The third-order valence-electron chi connectivity index (χ3n) is 3.69. The van der Waals surface area contributed by atoms with Crippen LogP contribution >= 0.6 is 34.8 Å². The van der Waals surface area contributed by atoms with Gasteiger partial charge < -0.3 is 5.32 Å². The van der Waals surface area contributed by atoms with Crippen LogP contribution in [-0.4, -0.2) is 29.2 Å². The predicted molar refractivity (Wildman–Crippen MR) is 95.1 cm³/mol. The smallest absolute Gasteiger partial charge is 0.262 e. The summed E-state index contributed by atoms with van der Waals surface area (Å²) in [5.41, 5.74) is 1.09. The summed E-state index contributed by atoms with van der Waals surface area (Å²) in [5, 5.41) is 3.55. The lowest BCUT2D eigenvalue weighted by molar-refractivity contribution is -0.121. The minimum Gasteiger partial charge on any atom is -0.350 e. The van der Waals surface area contributed by atoms with E-state index in [1.807, 2.05) is 0 Å². The average molecular weight is 398 g/mol. The largest absolute Gasteiger partial charge is 0.350 e. The van der Waals surface area contributed by atoms with Crippen LogP contribution < -0.4 is 5.32 Å². The molecule has 25 heavy (non-hydrogen) atoms. The highest BCUT2D eigenvalue weighted by Crippen LogP contribution is 2.31. The number of benzene rings is 2. The van der Waals surface area contributed by atoms with E-state index in [-0.39, 0.29) is 34.3 Å². The maximum atomic E-state index is 12.3. The molecule has 5 nitrogen and oxygen atoms in total. The molecule has 0 aliphatic carbocycles. The lowest BCUT2D eigenvalue weighted by Gasteiger charge is -2.13. The van der Waals surface area contributed by atoms with Gasteiger partial charge in [0.1, 0.15) is 6.54 Å². The molecule has 8 heteroatoms. The number of carbonyl (C=O) groups is 3. The van der Waals surface area contributed by atoms with Gasteiger partial charge >= 0.3 is 0 Å². The fourth-order valence-corrected chi connectivity index (χ4v) is 3.01. The summed E-state index contributed by atoms with van der Waals surface area (Å²) in [5.74, 6) is -1.61. The molecule has 0 bridgehead atoms. The van der Waals surface area contributed by atoms with Gasteiger partial charge in [-0.05, 0) is 29.8 Å². The summed E-state index contributed by atoms with van der Waals surface area (Å²) >= 11 is 17.7. The van der Waals surface area contributed by atoms with E-state index in [1.165, 1.54) is 12.1 Å². The minimum atomic E-state index is -0.573. The maximum Gasteiger partial charge on any atom is 0.262 e. The SMILES string of the molecule is O=C(CN1C(=O)c2cc(Cl)c(Cl)cc2C1=O)NCc1cccc(Cl)c1. The van der Waals surface area contributed by atoms with Crippen molar-refractivity contribution < 1.29 is 14.4 Å². The first-order chi connectivity index (χ1) is 11.9. The molecule has 1 aliphatic rings. The summed E-state index contributed by atoms with van der Waals surface area (Å²) in [6.45, 7) is -0.150. The van der Waals surface area contributed by atoms with Crippen molar-refractivity contribution in [3.63, 3.8) is 0 Å². The van der Waals surface area contributed by atoms with E-state index in [1.54, 1.807) is 24.3 Å². The zero-order chi connectivity index (χ0) is 18.1. The molecule has 2 aromatic carbocycles. The Hall–Kier alpha value is -2.08. The molecule has 1 aliphatic heterocycles. The number of fused-ring (bicyclic) bond motifs is 1. The van der Waals surface area contributed by atoms with E-state index in [9.17, 15) is 14.4 Å². The number of carbonyl (C=O) groups excluding carboxylic acids is 3. The van der Waals surface area contributed by atoms with Gasteiger partial charge in [-0.25, -0.2) is 0 Å². The highest BCUT2D eigenvalue weighted by molar-refractivity contribution is 6.43. The molecule has 3 amide bonds. The Labute approximate surface area is 158 Å². The molecule has 3 rings (SSSR count). The Morgan fingerprint density at radius 3 is 2.12 bits per heavy atom. The van der Waals surface area contributed by atoms with E-state index < -0.39 is 17.7 Å². The van der Waals surface area contributed by atoms with Crippen molar-refractivity contribution in [2.24, 2.45) is 0 Å². The summed E-state index contributed by atoms with van der Waals surface area (Å²) in [7, 11) is 0. The number of nitrogens with zero attached hydrogens (tertiary/aromatic N) is 1. The number of rotatable bonds is 4. The normalized spacial score (nSPS) is 13.2. The van der Waals surface area contributed by atoms with Crippen molar-refractivity contribution in [3.05, 3.63) is 68.2 Å². The minimum absolute atomic E-state index is 0.141. The predicted octanol–water partition coefficient (Wildman–Crippen LogP) is 3.56. The molecule has 1 N–H and O–H groups in total. The molecule has 2 aromatic rings. The van der Waals surface area contributed by atoms with Crippen LogP contribution in [0.4, 0.5) is 0 Å². The molecule has 0 aromatic heterocycles. The number of hydrogen-bond acceptors (Lipinski definition) is 3. The van der Waals surface area contributed by atoms with Gasteiger partial charge in [0.25, 0.3) is 11.8 Å². The van der Waals surface area contributed by atoms with Gasteiger partial charge in [0.15, 0.2) is 0 Å². The van der Waals surface area contributed by atoms with Crippen LogP contribution in [0.15, 0.2) is 36.4 Å². The Balaban J connectivity index is 1.68. The second kappa shape index (κ2) is 7.04. The van der Waals surface area contributed by atoms with Gasteiger partial charge in [-0.2, -0.15) is 0 Å². The number of halogens is 3. The van der Waals surface area contributed by atoms with Crippen LogP contribution in [0, 0.1) is 0 Å². The Morgan fingerprint density at radius 2 is 1.56 bits per heavy atom. The monoisotopic (exact) mass is 396 g/mol. The molecule has 0 atom stereocenters. The van der Waals surface area contributed by atoms with Gasteiger partial charge in [-0.15, -0.1) is 0 Å². The fraction of sp³-hybridized carbons (Fsp3) is 0.118. The van der Waals surface area contributed by atoms with Gasteiger partial charge in [0, 0.05) is 11.6 Å². The van der Waals surface area contributed by atoms with Crippen molar-refractivity contribution >= 4 is 52.5 Å². The van der Waals surface area contributed by atoms with E-state index >= 15 is 0 Å². The van der Waals surface area contributed by atoms with Crippen LogP contribution in [0.25, 0.3) is 0 Å². The zero-order valence-corrected chi connectivity index (χ0v) is 15.0. The molecular formula is C17H11Cl3N2O3. The average Bonchev–Trinajstić information content (AvgIpc) is 2.78. The van der Waals surface area contributed by atoms with Gasteiger partial charge in [0.2, 0.25) is 5.91 Å². The lowest BCUT2D eigenvalue weighted by atomic mass is 10.1. The van der Waals surface area contributed by atoms with Crippen LogP contribution in [-0.2, 0) is 11.3 Å². The molecule has 0 radical (unpaired) electrons. The second-order valence-corrected chi connectivity index (χ2v) is 6.67. The molecule has 0 saturated heterocycles. The van der Waals surface area contributed by atoms with Crippen LogP contribution in [0.2, 0.25) is 15.1 Å². The van der Waals surface area contributed by atoms with Crippen molar-refractivity contribution in [2.45, 2.75) is 6.54 Å². The van der Waals surface area contributed by atoms with Crippen LogP contribution in [0.3, 0.4) is 0 Å². The molecule has 128 valence electrons. The van der Waals surface area contributed by atoms with Crippen molar-refractivity contribution in [1.82, 2.24) is 10.2 Å². The molecular weight excluding hydrogens is 387 g/mol. The van der Waals surface area contributed by atoms with Gasteiger partial charge in [0.05, 0.1) is 21.2 Å². The Morgan fingerprint density at radius 1 is 0.960 bits per heavy atom. The van der Waals surface area contributed by atoms with Crippen LogP contribution in [0.1, 0.15) is 26.3 Å². The fourth-order valence-electron chi connectivity index (χ4n) is 2.47. The van der Waals surface area contributed by atoms with Gasteiger partial charge in [-0.1, -0.05) is 46.9 Å². The number of nitrogens with one attached hydrogen (secondary N) is 1. The van der Waals surface area contributed by atoms with Crippen molar-refractivity contribution in [1.29, 1.82) is 0 Å². The maximum absolute atomic E-state index is 12.3. The molecule has 0 unspecified atom stereocenters. The molecule has 0 spiro atoms. The zero-order valence-electron chi connectivity index (χ0n) is 12.7. The van der Waals surface area contributed by atoms with Crippen molar-refractivity contribution in [3.8, 4) is 0 Å². The van der Waals surface area contributed by atoms with E-state index in [4.69, 9.17) is 34.8 Å². The summed E-state index contributed by atoms with van der Waals surface area (Å²) in [6.07, 6.45) is 0. The first-order valence-corrected chi connectivity index (χ1v) is 8.36. The second-order valence-electron chi connectivity index (χ2n) is 5.42. The quantitative estimate of drug-likeness (QED) is 0.802. The Kier molecular flexibility index (Phi) is 4.99. The van der Waals surface area contributed by atoms with Crippen LogP contribution in [0.5, 0.6) is 0 Å². The molecule has 0 fully saturated rings. The first kappa shape index (κ1) is 17.7. The highest BCUT2D eigenvalue weighted by Gasteiger charge is 2.37. The highest BCUT2D eigenvalue weighted by atomic mass is 35.5. The number of amides is 3. The lowest BCUT2D eigenvalue weighted by Crippen LogP contribution is -2.40. The molecule has 1 heterocycles.